The van der Waals surface area contributed by atoms with Gasteiger partial charge in [0.25, 0.3) is 0 Å². The monoisotopic (exact) mass is 132 g/mol. The van der Waals surface area contributed by atoms with E-state index in [2.05, 4.69) is 11.1 Å². The lowest BCUT2D eigenvalue weighted by molar-refractivity contribution is 1.22. The van der Waals surface area contributed by atoms with Crippen LogP contribution in [0.3, 0.4) is 0 Å². The minimum absolute atomic E-state index is 0.905. The van der Waals surface area contributed by atoms with Gasteiger partial charge in [-0.2, -0.15) is 0 Å². The highest BCUT2D eigenvalue weighted by molar-refractivity contribution is 5.14. The number of allylic oxidation sites excluding steroid dienone is 1. The van der Waals surface area contributed by atoms with E-state index in [9.17, 15) is 0 Å². The first-order valence-electron chi connectivity index (χ1n) is 3.27. The fourth-order valence-corrected chi connectivity index (χ4v) is 0.693. The molecule has 1 heteroatoms. The maximum absolute atomic E-state index is 4.09. The average molecular weight is 132 g/mol. The van der Waals surface area contributed by atoms with Gasteiger partial charge in [0.15, 0.2) is 0 Å². The molecule has 0 atom stereocenters. The lowest BCUT2D eigenvalue weighted by Crippen LogP contribution is -1.79. The molecule has 1 nitrogen and oxygen atoms in total. The fourth-order valence-electron chi connectivity index (χ4n) is 0.693. The molecule has 10 heavy (non-hydrogen) atoms. The molecule has 0 bridgehead atoms. The van der Waals surface area contributed by atoms with E-state index in [1.165, 1.54) is 0 Å². The number of pyridine rings is 1. The quantitative estimate of drug-likeness (QED) is 0.570. The van der Waals surface area contributed by atoms with Gasteiger partial charge in [-0.3, -0.25) is 4.98 Å². The molecule has 0 aliphatic rings. The number of aromatic nitrogens is 1. The Bertz CT molecular complexity index is 220. The van der Waals surface area contributed by atoms with Crippen LogP contribution in [0.4, 0.5) is 0 Å². The van der Waals surface area contributed by atoms with Crippen LogP contribution < -0.4 is 0 Å². The van der Waals surface area contributed by atoms with Crippen LogP contribution in [-0.4, -0.2) is 4.98 Å². The Balaban J connectivity index is 2.87. The molecule has 1 rings (SSSR count). The van der Waals surface area contributed by atoms with Crippen molar-refractivity contribution in [1.82, 2.24) is 4.98 Å². The standard InChI is InChI=1S/C9H10N/c1-8(2)7-9-5-3-4-6-10-9/h3-6H,1-2H3. The molecule has 0 saturated heterocycles. The lowest BCUT2D eigenvalue weighted by Gasteiger charge is -1.89. The molecule has 1 radical (unpaired) electrons. The number of nitrogens with zero attached hydrogens (tertiary/aromatic N) is 1. The van der Waals surface area contributed by atoms with E-state index in [1.807, 2.05) is 32.0 Å². The van der Waals surface area contributed by atoms with Crippen LogP contribution in [0.15, 0.2) is 30.0 Å². The molecule has 0 unspecified atom stereocenters. The van der Waals surface area contributed by atoms with Gasteiger partial charge < -0.3 is 0 Å². The van der Waals surface area contributed by atoms with Gasteiger partial charge in [-0.25, -0.2) is 0 Å². The van der Waals surface area contributed by atoms with Crippen LogP contribution in [0.25, 0.3) is 0 Å². The van der Waals surface area contributed by atoms with Gasteiger partial charge in [0, 0.05) is 12.3 Å². The second kappa shape index (κ2) is 3.16. The van der Waals surface area contributed by atoms with Gasteiger partial charge >= 0.3 is 0 Å². The van der Waals surface area contributed by atoms with Gasteiger partial charge in [-0.05, 0) is 26.0 Å². The van der Waals surface area contributed by atoms with E-state index < -0.39 is 0 Å². The Labute approximate surface area is 61.4 Å². The van der Waals surface area contributed by atoms with Gasteiger partial charge in [0.1, 0.15) is 0 Å². The maximum Gasteiger partial charge on any atom is 0.0708 e. The summed E-state index contributed by atoms with van der Waals surface area (Å²) in [5.74, 6) is 0. The van der Waals surface area contributed by atoms with Crippen molar-refractivity contribution in [1.29, 1.82) is 0 Å². The van der Waals surface area contributed by atoms with Crippen molar-refractivity contribution >= 4 is 0 Å². The van der Waals surface area contributed by atoms with Crippen LogP contribution in [0.5, 0.6) is 0 Å². The van der Waals surface area contributed by atoms with Crippen molar-refractivity contribution < 1.29 is 0 Å². The summed E-state index contributed by atoms with van der Waals surface area (Å²) >= 11 is 0. The molecule has 1 aromatic heterocycles. The van der Waals surface area contributed by atoms with E-state index in [-0.39, 0.29) is 0 Å². The van der Waals surface area contributed by atoms with Crippen LogP contribution in [0, 0.1) is 6.08 Å². The maximum atomic E-state index is 4.09. The first-order valence-corrected chi connectivity index (χ1v) is 3.27. The Morgan fingerprint density at radius 3 is 2.70 bits per heavy atom. The normalized spacial score (nSPS) is 9.00. The molecule has 0 aromatic carbocycles. The first-order chi connectivity index (χ1) is 4.79. The Morgan fingerprint density at radius 2 is 2.20 bits per heavy atom. The van der Waals surface area contributed by atoms with Crippen molar-refractivity contribution in [2.24, 2.45) is 0 Å². The average Bonchev–Trinajstić information content (AvgIpc) is 1.88. The highest BCUT2D eigenvalue weighted by Crippen LogP contribution is 1.97. The molecule has 0 spiro atoms. The van der Waals surface area contributed by atoms with Gasteiger partial charge in [-0.1, -0.05) is 11.6 Å². The zero-order valence-corrected chi connectivity index (χ0v) is 6.26. The van der Waals surface area contributed by atoms with Crippen LogP contribution >= 0.6 is 0 Å². The minimum Gasteiger partial charge on any atom is -0.256 e. The zero-order valence-electron chi connectivity index (χ0n) is 6.26. The molecule has 0 aliphatic heterocycles. The largest absolute Gasteiger partial charge is 0.256 e. The van der Waals surface area contributed by atoms with Gasteiger partial charge in [-0.15, -0.1) is 0 Å². The third kappa shape index (κ3) is 2.02. The van der Waals surface area contributed by atoms with E-state index in [0.717, 1.165) is 11.3 Å². The van der Waals surface area contributed by atoms with Gasteiger partial charge in [0.2, 0.25) is 0 Å². The SMILES string of the molecule is CC(C)=[C]c1ccccn1. The molecule has 0 N–H and O–H groups in total. The van der Waals surface area contributed by atoms with E-state index in [0.29, 0.717) is 0 Å². The van der Waals surface area contributed by atoms with Crippen LogP contribution in [0.1, 0.15) is 19.5 Å². The molecule has 51 valence electrons. The van der Waals surface area contributed by atoms with Crippen molar-refractivity contribution in [3.05, 3.63) is 41.7 Å². The van der Waals surface area contributed by atoms with E-state index in [1.54, 1.807) is 6.20 Å². The second-order valence-corrected chi connectivity index (χ2v) is 2.34. The summed E-state index contributed by atoms with van der Waals surface area (Å²) in [6.45, 7) is 4.02. The van der Waals surface area contributed by atoms with Crippen molar-refractivity contribution in [2.45, 2.75) is 13.8 Å². The summed E-state index contributed by atoms with van der Waals surface area (Å²) in [4.78, 5) is 4.09. The van der Waals surface area contributed by atoms with E-state index >= 15 is 0 Å². The molecule has 1 aromatic rings. The van der Waals surface area contributed by atoms with Crippen LogP contribution in [0.2, 0.25) is 0 Å². The summed E-state index contributed by atoms with van der Waals surface area (Å²) in [5, 5.41) is 0. The minimum atomic E-state index is 0.905. The van der Waals surface area contributed by atoms with Crippen molar-refractivity contribution in [2.75, 3.05) is 0 Å². The number of rotatable bonds is 1. The summed E-state index contributed by atoms with van der Waals surface area (Å²) in [6, 6.07) is 5.79. The highest BCUT2D eigenvalue weighted by Gasteiger charge is 1.84. The Hall–Kier alpha value is -1.11. The predicted octanol–water partition coefficient (Wildman–Crippen LogP) is 2.20. The zero-order chi connectivity index (χ0) is 7.40. The lowest BCUT2D eigenvalue weighted by atomic mass is 10.2. The van der Waals surface area contributed by atoms with E-state index in [4.69, 9.17) is 0 Å². The fraction of sp³-hybridized carbons (Fsp3) is 0.222. The van der Waals surface area contributed by atoms with Crippen LogP contribution in [-0.2, 0) is 0 Å². The molecule has 0 aliphatic carbocycles. The highest BCUT2D eigenvalue weighted by atomic mass is 14.6. The molecular formula is C9H10N. The van der Waals surface area contributed by atoms with Crippen molar-refractivity contribution in [3.63, 3.8) is 0 Å². The molecule has 1 heterocycles. The second-order valence-electron chi connectivity index (χ2n) is 2.34. The van der Waals surface area contributed by atoms with Gasteiger partial charge in [0.05, 0.1) is 5.69 Å². The smallest absolute Gasteiger partial charge is 0.0708 e. The molecule has 0 fully saturated rings. The summed E-state index contributed by atoms with van der Waals surface area (Å²) in [6.07, 6.45) is 4.88. The summed E-state index contributed by atoms with van der Waals surface area (Å²) in [5.41, 5.74) is 2.06. The molecule has 0 amide bonds. The summed E-state index contributed by atoms with van der Waals surface area (Å²) < 4.78 is 0. The predicted molar refractivity (Wildman–Crippen MR) is 41.4 cm³/mol. The summed E-state index contributed by atoms with van der Waals surface area (Å²) in [7, 11) is 0. The molecular weight excluding hydrogens is 122 g/mol. The Morgan fingerprint density at radius 1 is 1.40 bits per heavy atom. The van der Waals surface area contributed by atoms with Crippen molar-refractivity contribution in [3.8, 4) is 0 Å². The number of hydrogen-bond acceptors (Lipinski definition) is 1. The third-order valence-corrected chi connectivity index (χ3v) is 1.04. The first kappa shape index (κ1) is 7.00. The molecule has 0 saturated carbocycles. The third-order valence-electron chi connectivity index (χ3n) is 1.04. The topological polar surface area (TPSA) is 12.9 Å². The Kier molecular flexibility index (Phi) is 2.21. The number of hydrogen-bond donors (Lipinski definition) is 0.